The Morgan fingerprint density at radius 3 is 2.68 bits per heavy atom. The lowest BCUT2D eigenvalue weighted by atomic mass is 9.73. The predicted molar refractivity (Wildman–Crippen MR) is 78.3 cm³/mol. The Morgan fingerprint density at radius 1 is 1.41 bits per heavy atom. The van der Waals surface area contributed by atoms with Gasteiger partial charge in [-0.25, -0.2) is 14.6 Å². The Labute approximate surface area is 128 Å². The number of nitriles is 1. The fraction of sp³-hybridized carbons (Fsp3) is 0.467. The summed E-state index contributed by atoms with van der Waals surface area (Å²) in [5.74, 6) is -0.583. The molecule has 2 unspecified atom stereocenters. The Hall–Kier alpha value is -2.30. The normalized spacial score (nSPS) is 15.8. The highest BCUT2D eigenvalue weighted by atomic mass is 16.3. The van der Waals surface area contributed by atoms with Crippen LogP contribution >= 0.6 is 0 Å². The van der Waals surface area contributed by atoms with E-state index < -0.39 is 17.1 Å². The van der Waals surface area contributed by atoms with E-state index in [1.165, 1.54) is 23.5 Å². The van der Waals surface area contributed by atoms with Crippen LogP contribution in [0.3, 0.4) is 0 Å². The molecule has 2 N–H and O–H groups in total. The molecule has 7 heteroatoms. The average Bonchev–Trinajstić information content (AvgIpc) is 2.98. The van der Waals surface area contributed by atoms with Crippen LogP contribution in [0.25, 0.3) is 0 Å². The Bertz CT molecular complexity index is 672. The fourth-order valence-electron chi connectivity index (χ4n) is 2.44. The number of hydrogen-bond donors (Lipinski definition) is 2. The molecule has 0 saturated carbocycles. The molecule has 0 aromatic carbocycles. The van der Waals surface area contributed by atoms with Crippen molar-refractivity contribution in [2.24, 2.45) is 5.92 Å². The van der Waals surface area contributed by atoms with Crippen LogP contribution < -0.4 is 0 Å². The molecular formula is C15H19N5O2. The lowest BCUT2D eigenvalue weighted by Crippen LogP contribution is -2.48. The summed E-state index contributed by atoms with van der Waals surface area (Å²) in [6.07, 6.45) is 4.33. The summed E-state index contributed by atoms with van der Waals surface area (Å²) < 4.78 is 1.47. The Balaban J connectivity index is 2.57. The van der Waals surface area contributed by atoms with Crippen LogP contribution in [-0.2, 0) is 12.1 Å². The van der Waals surface area contributed by atoms with E-state index in [1.807, 2.05) is 6.07 Å². The van der Waals surface area contributed by atoms with E-state index in [1.54, 1.807) is 32.9 Å². The van der Waals surface area contributed by atoms with Gasteiger partial charge in [0.05, 0.1) is 12.1 Å². The molecule has 0 aliphatic rings. The average molecular weight is 301 g/mol. The molecule has 2 aromatic heterocycles. The van der Waals surface area contributed by atoms with Crippen LogP contribution in [0.2, 0.25) is 0 Å². The molecule has 0 aliphatic carbocycles. The van der Waals surface area contributed by atoms with Crippen molar-refractivity contribution in [3.8, 4) is 6.07 Å². The summed E-state index contributed by atoms with van der Waals surface area (Å²) in [5.41, 5.74) is -2.20. The molecule has 0 amide bonds. The van der Waals surface area contributed by atoms with Crippen molar-refractivity contribution in [2.45, 2.75) is 38.5 Å². The standard InChI is InChI=1S/C15H19N5O2/c1-11(14(2,3)21)15(22,8-20-10-17-9-19-20)12-5-4-6-18-13(12)7-16/h4-6,9-11,21-22H,8H2,1-3H3. The zero-order chi connectivity index (χ0) is 16.4. The van der Waals surface area contributed by atoms with Crippen LogP contribution in [-0.4, -0.2) is 35.6 Å². The zero-order valence-corrected chi connectivity index (χ0v) is 12.8. The quantitative estimate of drug-likeness (QED) is 0.847. The number of pyridine rings is 1. The monoisotopic (exact) mass is 301 g/mol. The summed E-state index contributed by atoms with van der Waals surface area (Å²) in [6.45, 7) is 5.02. The molecule has 0 saturated heterocycles. The maximum Gasteiger partial charge on any atom is 0.146 e. The third kappa shape index (κ3) is 2.98. The molecule has 2 aromatic rings. The van der Waals surface area contributed by atoms with E-state index in [0.717, 1.165) is 0 Å². The molecule has 0 bridgehead atoms. The van der Waals surface area contributed by atoms with Gasteiger partial charge in [0.2, 0.25) is 0 Å². The molecule has 0 spiro atoms. The van der Waals surface area contributed by atoms with E-state index in [4.69, 9.17) is 0 Å². The molecule has 7 nitrogen and oxygen atoms in total. The zero-order valence-electron chi connectivity index (χ0n) is 12.8. The molecule has 2 rings (SSSR count). The van der Waals surface area contributed by atoms with Crippen molar-refractivity contribution in [1.82, 2.24) is 19.7 Å². The van der Waals surface area contributed by atoms with Crippen molar-refractivity contribution < 1.29 is 10.2 Å². The summed E-state index contributed by atoms with van der Waals surface area (Å²) in [6, 6.07) is 5.29. The first kappa shape index (κ1) is 16.1. The van der Waals surface area contributed by atoms with Gasteiger partial charge in [-0.3, -0.25) is 0 Å². The van der Waals surface area contributed by atoms with Gasteiger partial charge in [0.15, 0.2) is 0 Å². The first-order valence-corrected chi connectivity index (χ1v) is 6.92. The fourth-order valence-corrected chi connectivity index (χ4v) is 2.44. The number of aromatic nitrogens is 4. The van der Waals surface area contributed by atoms with Crippen molar-refractivity contribution >= 4 is 0 Å². The van der Waals surface area contributed by atoms with Crippen LogP contribution in [0.1, 0.15) is 32.0 Å². The summed E-state index contributed by atoms with van der Waals surface area (Å²) in [7, 11) is 0. The van der Waals surface area contributed by atoms with Crippen molar-refractivity contribution in [1.29, 1.82) is 5.26 Å². The van der Waals surface area contributed by atoms with E-state index in [0.29, 0.717) is 5.56 Å². The largest absolute Gasteiger partial charge is 0.390 e. The highest BCUT2D eigenvalue weighted by molar-refractivity contribution is 5.36. The molecular weight excluding hydrogens is 282 g/mol. The van der Waals surface area contributed by atoms with E-state index >= 15 is 0 Å². The topological polar surface area (TPSA) is 108 Å². The van der Waals surface area contributed by atoms with Gasteiger partial charge in [-0.15, -0.1) is 0 Å². The van der Waals surface area contributed by atoms with Crippen molar-refractivity contribution in [3.05, 3.63) is 42.2 Å². The summed E-state index contributed by atoms with van der Waals surface area (Å²) >= 11 is 0. The Morgan fingerprint density at radius 2 is 2.14 bits per heavy atom. The molecule has 22 heavy (non-hydrogen) atoms. The second kappa shape index (κ2) is 5.83. The van der Waals surface area contributed by atoms with Gasteiger partial charge in [0.1, 0.15) is 30.0 Å². The lowest BCUT2D eigenvalue weighted by Gasteiger charge is -2.40. The lowest BCUT2D eigenvalue weighted by molar-refractivity contribution is -0.117. The van der Waals surface area contributed by atoms with Gasteiger partial charge in [-0.1, -0.05) is 13.0 Å². The van der Waals surface area contributed by atoms with Crippen LogP contribution in [0.5, 0.6) is 0 Å². The number of rotatable bonds is 5. The van der Waals surface area contributed by atoms with Gasteiger partial charge < -0.3 is 10.2 Å². The number of nitrogens with zero attached hydrogens (tertiary/aromatic N) is 5. The van der Waals surface area contributed by atoms with E-state index in [2.05, 4.69) is 15.1 Å². The molecule has 116 valence electrons. The minimum atomic E-state index is -1.52. The van der Waals surface area contributed by atoms with Gasteiger partial charge in [-0.2, -0.15) is 10.4 Å². The highest BCUT2D eigenvalue weighted by Crippen LogP contribution is 2.38. The van der Waals surface area contributed by atoms with Gasteiger partial charge >= 0.3 is 0 Å². The van der Waals surface area contributed by atoms with Crippen LogP contribution in [0, 0.1) is 17.2 Å². The van der Waals surface area contributed by atoms with Crippen LogP contribution in [0.15, 0.2) is 31.0 Å². The third-order valence-corrected chi connectivity index (χ3v) is 4.03. The SMILES string of the molecule is CC(C(C)(C)O)C(O)(Cn1cncn1)c1cccnc1C#N. The first-order valence-electron chi connectivity index (χ1n) is 6.92. The molecule has 2 atom stereocenters. The third-order valence-electron chi connectivity index (χ3n) is 4.03. The highest BCUT2D eigenvalue weighted by Gasteiger charge is 2.45. The molecule has 2 heterocycles. The van der Waals surface area contributed by atoms with E-state index in [-0.39, 0.29) is 12.2 Å². The van der Waals surface area contributed by atoms with Crippen molar-refractivity contribution in [3.63, 3.8) is 0 Å². The van der Waals surface area contributed by atoms with Crippen LogP contribution in [0.4, 0.5) is 0 Å². The summed E-state index contributed by atoms with van der Waals surface area (Å²) in [5, 5.41) is 35.0. The second-order valence-electron chi connectivity index (χ2n) is 5.90. The molecule has 0 radical (unpaired) electrons. The first-order chi connectivity index (χ1) is 10.3. The predicted octanol–water partition coefficient (Wildman–Crippen LogP) is 0.840. The summed E-state index contributed by atoms with van der Waals surface area (Å²) in [4.78, 5) is 7.87. The minimum absolute atomic E-state index is 0.0541. The van der Waals surface area contributed by atoms with Gasteiger partial charge in [0, 0.05) is 17.7 Å². The van der Waals surface area contributed by atoms with Gasteiger partial charge in [-0.05, 0) is 19.9 Å². The van der Waals surface area contributed by atoms with Gasteiger partial charge in [0.25, 0.3) is 0 Å². The minimum Gasteiger partial charge on any atom is -0.390 e. The maximum atomic E-state index is 11.3. The smallest absolute Gasteiger partial charge is 0.146 e. The second-order valence-corrected chi connectivity index (χ2v) is 5.90. The molecule has 0 aliphatic heterocycles. The number of aliphatic hydroxyl groups is 2. The van der Waals surface area contributed by atoms with Crippen molar-refractivity contribution in [2.75, 3.05) is 0 Å². The molecule has 0 fully saturated rings. The Kier molecular flexibility index (Phi) is 4.26. The van der Waals surface area contributed by atoms with E-state index in [9.17, 15) is 15.5 Å². The number of hydrogen-bond acceptors (Lipinski definition) is 6. The maximum absolute atomic E-state index is 11.3.